The molecule has 0 bridgehead atoms. The van der Waals surface area contributed by atoms with Crippen LogP contribution in [0.1, 0.15) is 12.0 Å². The summed E-state index contributed by atoms with van der Waals surface area (Å²) < 4.78 is 17.5. The average molecular weight is 447 g/mol. The number of aromatic nitrogens is 2. The quantitative estimate of drug-likeness (QED) is 0.488. The first-order valence-corrected chi connectivity index (χ1v) is 11.5. The third kappa shape index (κ3) is 5.16. The second-order valence-corrected chi connectivity index (χ2v) is 8.49. The minimum Gasteiger partial charge on any atom is -0.497 e. The highest BCUT2D eigenvalue weighted by molar-refractivity contribution is 5.61. The summed E-state index contributed by atoms with van der Waals surface area (Å²) in [4.78, 5) is 9.11. The normalized spacial score (nSPS) is 23.9. The molecule has 2 N–H and O–H groups in total. The summed E-state index contributed by atoms with van der Waals surface area (Å²) in [6.45, 7) is 2.18. The predicted molar refractivity (Wildman–Crippen MR) is 127 cm³/mol. The Morgan fingerprint density at radius 2 is 1.70 bits per heavy atom. The van der Waals surface area contributed by atoms with E-state index in [1.165, 1.54) is 5.56 Å². The van der Waals surface area contributed by atoms with E-state index in [0.29, 0.717) is 19.2 Å². The van der Waals surface area contributed by atoms with Gasteiger partial charge in [-0.05, 0) is 55.3 Å². The fourth-order valence-electron chi connectivity index (χ4n) is 4.54. The molecule has 0 spiro atoms. The molecule has 2 aromatic carbocycles. The van der Waals surface area contributed by atoms with Crippen molar-refractivity contribution in [2.75, 3.05) is 32.2 Å². The van der Waals surface area contributed by atoms with Gasteiger partial charge in [0.2, 0.25) is 5.95 Å². The van der Waals surface area contributed by atoms with Gasteiger partial charge >= 0.3 is 0 Å². The van der Waals surface area contributed by atoms with Gasteiger partial charge in [-0.1, -0.05) is 30.3 Å². The Bertz CT molecular complexity index is 1030. The van der Waals surface area contributed by atoms with Gasteiger partial charge in [-0.15, -0.1) is 0 Å². The Labute approximate surface area is 194 Å². The summed E-state index contributed by atoms with van der Waals surface area (Å²) in [5.41, 5.74) is 3.24. The van der Waals surface area contributed by atoms with Crippen LogP contribution < -0.4 is 15.4 Å². The first-order chi connectivity index (χ1) is 16.3. The van der Waals surface area contributed by atoms with Crippen LogP contribution in [-0.2, 0) is 15.9 Å². The van der Waals surface area contributed by atoms with Crippen molar-refractivity contribution in [3.63, 3.8) is 0 Å². The zero-order chi connectivity index (χ0) is 22.5. The van der Waals surface area contributed by atoms with E-state index in [2.05, 4.69) is 45.9 Å². The Kier molecular flexibility index (Phi) is 6.81. The third-order valence-corrected chi connectivity index (χ3v) is 6.30. The van der Waals surface area contributed by atoms with Crippen LogP contribution in [0.2, 0.25) is 0 Å². The summed E-state index contributed by atoms with van der Waals surface area (Å²) in [5, 5.41) is 7.06. The second kappa shape index (κ2) is 10.3. The first-order valence-electron chi connectivity index (χ1n) is 11.5. The van der Waals surface area contributed by atoms with Crippen LogP contribution in [0.5, 0.6) is 5.75 Å². The number of anilines is 1. The smallest absolute Gasteiger partial charge is 0.223 e. The molecule has 172 valence electrons. The summed E-state index contributed by atoms with van der Waals surface area (Å²) in [7, 11) is 1.66. The molecule has 0 aliphatic carbocycles. The van der Waals surface area contributed by atoms with Crippen LogP contribution in [0.3, 0.4) is 0 Å². The molecule has 7 heteroatoms. The minimum absolute atomic E-state index is 0.00938. The molecule has 3 heterocycles. The molecule has 3 aromatic rings. The Morgan fingerprint density at radius 3 is 2.48 bits per heavy atom. The van der Waals surface area contributed by atoms with Crippen molar-refractivity contribution >= 4 is 5.95 Å². The third-order valence-electron chi connectivity index (χ3n) is 6.30. The fraction of sp³-hybridized carbons (Fsp3) is 0.385. The van der Waals surface area contributed by atoms with E-state index < -0.39 is 0 Å². The van der Waals surface area contributed by atoms with Gasteiger partial charge in [-0.3, -0.25) is 0 Å². The highest BCUT2D eigenvalue weighted by Gasteiger charge is 2.47. The Hall–Kier alpha value is -3.00. The molecule has 1 aromatic heterocycles. The zero-order valence-electron chi connectivity index (χ0n) is 18.8. The number of hydrogen-bond donors (Lipinski definition) is 2. The number of rotatable bonds is 9. The van der Waals surface area contributed by atoms with Gasteiger partial charge in [-0.25, -0.2) is 9.97 Å². The summed E-state index contributed by atoms with van der Waals surface area (Å²) >= 11 is 0. The van der Waals surface area contributed by atoms with E-state index in [1.807, 2.05) is 30.3 Å². The second-order valence-electron chi connectivity index (χ2n) is 8.49. The lowest BCUT2D eigenvalue weighted by molar-refractivity contribution is 0.0676. The number of nitrogens with zero attached hydrogens (tertiary/aromatic N) is 2. The highest BCUT2D eigenvalue weighted by atomic mass is 16.6. The van der Waals surface area contributed by atoms with E-state index in [4.69, 9.17) is 19.2 Å². The Balaban J connectivity index is 1.14. The summed E-state index contributed by atoms with van der Waals surface area (Å²) in [6, 6.07) is 20.6. The van der Waals surface area contributed by atoms with Crippen molar-refractivity contribution in [2.24, 2.45) is 0 Å². The van der Waals surface area contributed by atoms with Crippen LogP contribution in [0.15, 0.2) is 66.9 Å². The van der Waals surface area contributed by atoms with Crippen LogP contribution in [0.4, 0.5) is 5.95 Å². The number of methoxy groups -OCH3 is 1. The highest BCUT2D eigenvalue weighted by Crippen LogP contribution is 2.29. The molecule has 4 unspecified atom stereocenters. The van der Waals surface area contributed by atoms with Gasteiger partial charge in [0.05, 0.1) is 38.1 Å². The number of fused-ring (bicyclic) bond motifs is 1. The van der Waals surface area contributed by atoms with E-state index in [1.54, 1.807) is 13.3 Å². The lowest BCUT2D eigenvalue weighted by Crippen LogP contribution is -2.42. The fourth-order valence-corrected chi connectivity index (χ4v) is 4.54. The van der Waals surface area contributed by atoms with E-state index >= 15 is 0 Å². The maximum atomic E-state index is 6.11. The number of aryl methyl sites for hydroxylation is 1. The monoisotopic (exact) mass is 446 g/mol. The van der Waals surface area contributed by atoms with Crippen molar-refractivity contribution in [1.82, 2.24) is 15.3 Å². The molecular weight excluding hydrogens is 416 g/mol. The van der Waals surface area contributed by atoms with Crippen molar-refractivity contribution < 1.29 is 14.2 Å². The summed E-state index contributed by atoms with van der Waals surface area (Å²) in [5.74, 6) is 1.40. The first kappa shape index (κ1) is 21.8. The zero-order valence-corrected chi connectivity index (χ0v) is 18.8. The van der Waals surface area contributed by atoms with Gasteiger partial charge in [-0.2, -0.15) is 0 Å². The molecule has 2 saturated heterocycles. The van der Waals surface area contributed by atoms with Crippen molar-refractivity contribution in [3.05, 3.63) is 72.4 Å². The molecular formula is C26H30N4O3. The lowest BCUT2D eigenvalue weighted by Gasteiger charge is -2.18. The molecule has 2 aliphatic rings. The molecule has 7 nitrogen and oxygen atoms in total. The molecule has 5 rings (SSSR count). The van der Waals surface area contributed by atoms with E-state index in [0.717, 1.165) is 36.4 Å². The Morgan fingerprint density at radius 1 is 0.939 bits per heavy atom. The van der Waals surface area contributed by atoms with Crippen molar-refractivity contribution in [2.45, 2.75) is 37.1 Å². The van der Waals surface area contributed by atoms with Crippen LogP contribution >= 0.6 is 0 Å². The minimum atomic E-state index is -0.00938. The molecule has 0 radical (unpaired) electrons. The molecule has 2 fully saturated rings. The molecule has 33 heavy (non-hydrogen) atoms. The predicted octanol–water partition coefficient (Wildman–Crippen LogP) is 3.32. The van der Waals surface area contributed by atoms with Gasteiger partial charge in [0.15, 0.2) is 0 Å². The maximum Gasteiger partial charge on any atom is 0.223 e. The number of nitrogens with one attached hydrogen (secondary N) is 2. The summed E-state index contributed by atoms with van der Waals surface area (Å²) in [6.07, 6.45) is 3.97. The number of benzene rings is 2. The van der Waals surface area contributed by atoms with Crippen LogP contribution in [0.25, 0.3) is 11.3 Å². The molecule has 0 amide bonds. The maximum absolute atomic E-state index is 6.11. The lowest BCUT2D eigenvalue weighted by atomic mass is 10.1. The standard InChI is InChI=1S/C26H30N4O3/c1-31-20-11-9-19(10-12-20)21-13-15-28-26(29-21)30-23-17-33-24-22(16-32-25(23)24)27-14-5-8-18-6-3-2-4-7-18/h2-4,6-7,9-13,15,22-25,27H,5,8,14,16-17H2,1H3,(H,28,29,30). The SMILES string of the molecule is COc1ccc(-c2ccnc(NC3COC4C(NCCCc5ccccc5)COC34)n2)cc1. The van der Waals surface area contributed by atoms with E-state index in [-0.39, 0.29) is 24.3 Å². The van der Waals surface area contributed by atoms with Crippen molar-refractivity contribution in [3.8, 4) is 17.0 Å². The molecule has 4 atom stereocenters. The molecule has 0 saturated carbocycles. The van der Waals surface area contributed by atoms with Crippen LogP contribution in [0, 0.1) is 0 Å². The largest absolute Gasteiger partial charge is 0.497 e. The van der Waals surface area contributed by atoms with Gasteiger partial charge in [0.25, 0.3) is 0 Å². The van der Waals surface area contributed by atoms with Gasteiger partial charge in [0.1, 0.15) is 18.0 Å². The van der Waals surface area contributed by atoms with Crippen molar-refractivity contribution in [1.29, 1.82) is 0 Å². The molecule has 2 aliphatic heterocycles. The van der Waals surface area contributed by atoms with Gasteiger partial charge < -0.3 is 24.8 Å². The van der Waals surface area contributed by atoms with Gasteiger partial charge in [0, 0.05) is 11.8 Å². The average Bonchev–Trinajstić information content (AvgIpc) is 3.46. The number of ether oxygens (including phenoxy) is 3. The number of hydrogen-bond acceptors (Lipinski definition) is 7. The van der Waals surface area contributed by atoms with Crippen LogP contribution in [-0.4, -0.2) is 61.1 Å². The topological polar surface area (TPSA) is 77.5 Å². The van der Waals surface area contributed by atoms with E-state index in [9.17, 15) is 0 Å².